The number of H-pyrrole nitrogens is 2. The van der Waals surface area contributed by atoms with Gasteiger partial charge in [-0.15, -0.1) is 0 Å². The summed E-state index contributed by atoms with van der Waals surface area (Å²) in [5.74, 6) is 1.28. The van der Waals surface area contributed by atoms with Crippen molar-refractivity contribution in [2.45, 2.75) is 0 Å². The van der Waals surface area contributed by atoms with E-state index in [0.29, 0.717) is 17.3 Å². The zero-order valence-corrected chi connectivity index (χ0v) is 11.3. The third kappa shape index (κ3) is 2.14. The van der Waals surface area contributed by atoms with Crippen molar-refractivity contribution in [3.05, 3.63) is 54.7 Å². The summed E-state index contributed by atoms with van der Waals surface area (Å²) in [4.78, 5) is 26.7. The molecule has 0 spiro atoms. The summed E-state index contributed by atoms with van der Waals surface area (Å²) < 4.78 is 5.06. The molecule has 3 heterocycles. The van der Waals surface area contributed by atoms with E-state index in [1.165, 1.54) is 6.26 Å². The van der Waals surface area contributed by atoms with E-state index in [1.807, 2.05) is 12.1 Å². The van der Waals surface area contributed by atoms with Crippen molar-refractivity contribution in [1.29, 1.82) is 0 Å². The summed E-state index contributed by atoms with van der Waals surface area (Å²) >= 11 is 0. The molecule has 7 nitrogen and oxygen atoms in total. The summed E-state index contributed by atoms with van der Waals surface area (Å²) in [5, 5.41) is 2.78. The second-order valence-electron chi connectivity index (χ2n) is 4.69. The van der Waals surface area contributed by atoms with E-state index in [9.17, 15) is 4.79 Å². The SMILES string of the molecule is O=C(Nc1ccc2nc(-c3ncc[nH]3)[nH]c2c1)c1ccco1. The number of furan rings is 1. The maximum atomic E-state index is 12.0. The van der Waals surface area contributed by atoms with E-state index in [-0.39, 0.29) is 11.7 Å². The van der Waals surface area contributed by atoms with Crippen molar-refractivity contribution in [1.82, 2.24) is 19.9 Å². The molecule has 22 heavy (non-hydrogen) atoms. The van der Waals surface area contributed by atoms with Gasteiger partial charge in [0.1, 0.15) is 0 Å². The molecular weight excluding hydrogens is 282 g/mol. The van der Waals surface area contributed by atoms with E-state index in [1.54, 1.807) is 30.6 Å². The summed E-state index contributed by atoms with van der Waals surface area (Å²) in [6, 6.07) is 8.71. The molecule has 0 saturated heterocycles. The number of aromatic amines is 2. The minimum absolute atomic E-state index is 0.265. The first-order chi connectivity index (χ1) is 10.8. The Hall–Kier alpha value is -3.35. The van der Waals surface area contributed by atoms with Crippen molar-refractivity contribution >= 4 is 22.6 Å². The molecule has 1 amide bonds. The molecule has 0 saturated carbocycles. The van der Waals surface area contributed by atoms with Crippen LogP contribution in [0.15, 0.2) is 53.4 Å². The van der Waals surface area contributed by atoms with Gasteiger partial charge in [0.2, 0.25) is 0 Å². The normalized spacial score (nSPS) is 10.9. The Bertz CT molecular complexity index is 922. The number of carbonyl (C=O) groups excluding carboxylic acids is 1. The minimum Gasteiger partial charge on any atom is -0.459 e. The fourth-order valence-corrected chi connectivity index (χ4v) is 2.19. The van der Waals surface area contributed by atoms with Crippen LogP contribution in [0.4, 0.5) is 5.69 Å². The van der Waals surface area contributed by atoms with Crippen LogP contribution in [0.25, 0.3) is 22.7 Å². The lowest BCUT2D eigenvalue weighted by molar-refractivity contribution is 0.0996. The molecular formula is C15H11N5O2. The van der Waals surface area contributed by atoms with E-state index in [4.69, 9.17) is 4.42 Å². The molecule has 0 atom stereocenters. The van der Waals surface area contributed by atoms with E-state index >= 15 is 0 Å². The van der Waals surface area contributed by atoms with Gasteiger partial charge in [-0.05, 0) is 30.3 Å². The fourth-order valence-electron chi connectivity index (χ4n) is 2.19. The van der Waals surface area contributed by atoms with Crippen LogP contribution in [0.3, 0.4) is 0 Å². The molecule has 0 radical (unpaired) electrons. The van der Waals surface area contributed by atoms with Crippen molar-refractivity contribution in [3.63, 3.8) is 0 Å². The van der Waals surface area contributed by atoms with Gasteiger partial charge in [0.15, 0.2) is 17.4 Å². The highest BCUT2D eigenvalue weighted by molar-refractivity contribution is 6.03. The van der Waals surface area contributed by atoms with Crippen molar-refractivity contribution in [2.75, 3.05) is 5.32 Å². The molecule has 108 valence electrons. The summed E-state index contributed by atoms with van der Waals surface area (Å²) in [6.45, 7) is 0. The molecule has 7 heteroatoms. The van der Waals surface area contributed by atoms with E-state index in [2.05, 4.69) is 25.3 Å². The van der Waals surface area contributed by atoms with Crippen molar-refractivity contribution in [3.8, 4) is 11.6 Å². The number of hydrogen-bond donors (Lipinski definition) is 3. The van der Waals surface area contributed by atoms with E-state index in [0.717, 1.165) is 11.0 Å². The Labute approximate surface area is 124 Å². The van der Waals surface area contributed by atoms with Gasteiger partial charge < -0.3 is 19.7 Å². The number of hydrogen-bond acceptors (Lipinski definition) is 4. The number of rotatable bonds is 3. The number of amides is 1. The fraction of sp³-hybridized carbons (Fsp3) is 0. The monoisotopic (exact) mass is 293 g/mol. The molecule has 3 aromatic heterocycles. The number of nitrogens with one attached hydrogen (secondary N) is 3. The first-order valence-electron chi connectivity index (χ1n) is 6.64. The smallest absolute Gasteiger partial charge is 0.291 e. The molecule has 0 aliphatic rings. The second-order valence-corrected chi connectivity index (χ2v) is 4.69. The predicted molar refractivity (Wildman–Crippen MR) is 80.3 cm³/mol. The molecule has 0 aliphatic carbocycles. The van der Waals surface area contributed by atoms with Gasteiger partial charge in [0.05, 0.1) is 17.3 Å². The Balaban J connectivity index is 1.64. The number of carbonyl (C=O) groups is 1. The van der Waals surface area contributed by atoms with Gasteiger partial charge in [0.25, 0.3) is 5.91 Å². The van der Waals surface area contributed by atoms with Crippen LogP contribution in [-0.2, 0) is 0 Å². The maximum absolute atomic E-state index is 12.0. The van der Waals surface area contributed by atoms with Crippen LogP contribution in [0.2, 0.25) is 0 Å². The first-order valence-corrected chi connectivity index (χ1v) is 6.64. The predicted octanol–water partition coefficient (Wildman–Crippen LogP) is 2.80. The van der Waals surface area contributed by atoms with Crippen LogP contribution < -0.4 is 5.32 Å². The lowest BCUT2D eigenvalue weighted by atomic mass is 10.2. The molecule has 0 bridgehead atoms. The quantitative estimate of drug-likeness (QED) is 0.540. The van der Waals surface area contributed by atoms with Crippen molar-refractivity contribution < 1.29 is 9.21 Å². The Kier molecular flexibility index (Phi) is 2.75. The number of fused-ring (bicyclic) bond motifs is 1. The maximum Gasteiger partial charge on any atom is 0.291 e. The van der Waals surface area contributed by atoms with Gasteiger partial charge >= 0.3 is 0 Å². The standard InChI is InChI=1S/C15H11N5O2/c21-15(12-2-1-7-22-12)18-9-3-4-10-11(8-9)20-14(19-10)13-16-5-6-17-13/h1-8H,(H,16,17)(H,18,21)(H,19,20). The molecule has 0 fully saturated rings. The highest BCUT2D eigenvalue weighted by Crippen LogP contribution is 2.21. The molecule has 4 aromatic rings. The average Bonchev–Trinajstić information content (AvgIpc) is 3.26. The largest absolute Gasteiger partial charge is 0.459 e. The van der Waals surface area contributed by atoms with Crippen LogP contribution in [-0.4, -0.2) is 25.8 Å². The zero-order valence-electron chi connectivity index (χ0n) is 11.3. The number of anilines is 1. The molecule has 0 aliphatic heterocycles. The zero-order chi connectivity index (χ0) is 14.9. The number of nitrogens with zero attached hydrogens (tertiary/aromatic N) is 2. The summed E-state index contributed by atoms with van der Waals surface area (Å²) in [5.41, 5.74) is 2.26. The van der Waals surface area contributed by atoms with Gasteiger partial charge in [-0.2, -0.15) is 0 Å². The minimum atomic E-state index is -0.296. The molecule has 1 aromatic carbocycles. The van der Waals surface area contributed by atoms with Crippen LogP contribution in [0, 0.1) is 0 Å². The topological polar surface area (TPSA) is 99.6 Å². The first kappa shape index (κ1) is 12.4. The van der Waals surface area contributed by atoms with Gasteiger partial charge in [-0.3, -0.25) is 4.79 Å². The molecule has 3 N–H and O–H groups in total. The highest BCUT2D eigenvalue weighted by atomic mass is 16.3. The number of imidazole rings is 2. The van der Waals surface area contributed by atoms with Crippen molar-refractivity contribution in [2.24, 2.45) is 0 Å². The lowest BCUT2D eigenvalue weighted by Gasteiger charge is -2.02. The van der Waals surface area contributed by atoms with Crippen LogP contribution >= 0.6 is 0 Å². The highest BCUT2D eigenvalue weighted by Gasteiger charge is 2.11. The summed E-state index contributed by atoms with van der Waals surface area (Å²) in [7, 11) is 0. The van der Waals surface area contributed by atoms with E-state index < -0.39 is 0 Å². The molecule has 0 unspecified atom stereocenters. The number of benzene rings is 1. The Morgan fingerprint density at radius 2 is 2.18 bits per heavy atom. The Morgan fingerprint density at radius 3 is 2.95 bits per heavy atom. The average molecular weight is 293 g/mol. The van der Waals surface area contributed by atoms with Gasteiger partial charge in [0, 0.05) is 18.1 Å². The second kappa shape index (κ2) is 4.88. The number of aromatic nitrogens is 4. The third-order valence-electron chi connectivity index (χ3n) is 3.21. The molecule has 4 rings (SSSR count). The summed E-state index contributed by atoms with van der Waals surface area (Å²) in [6.07, 6.45) is 4.86. The van der Waals surface area contributed by atoms with Gasteiger partial charge in [-0.25, -0.2) is 9.97 Å². The van der Waals surface area contributed by atoms with Gasteiger partial charge in [-0.1, -0.05) is 0 Å². The van der Waals surface area contributed by atoms with Crippen LogP contribution in [0.5, 0.6) is 0 Å². The van der Waals surface area contributed by atoms with Crippen LogP contribution in [0.1, 0.15) is 10.6 Å². The lowest BCUT2D eigenvalue weighted by Crippen LogP contribution is -2.10. The Morgan fingerprint density at radius 1 is 1.23 bits per heavy atom. The third-order valence-corrected chi connectivity index (χ3v) is 3.21.